The van der Waals surface area contributed by atoms with E-state index >= 15 is 0 Å². The van der Waals surface area contributed by atoms with Crippen molar-refractivity contribution < 1.29 is 4.74 Å². The first-order valence-electron chi connectivity index (χ1n) is 9.87. The highest BCUT2D eigenvalue weighted by Crippen LogP contribution is 2.31. The number of nitrogens with zero attached hydrogens (tertiary/aromatic N) is 8. The summed E-state index contributed by atoms with van der Waals surface area (Å²) in [6, 6.07) is 7.65. The smallest absolute Gasteiger partial charge is 0.225 e. The molecule has 0 spiro atoms. The van der Waals surface area contributed by atoms with Gasteiger partial charge in [-0.15, -0.1) is 16.4 Å². The molecule has 158 valence electrons. The van der Waals surface area contributed by atoms with Crippen molar-refractivity contribution in [3.8, 4) is 11.4 Å². The molecule has 3 aromatic heterocycles. The van der Waals surface area contributed by atoms with Crippen LogP contribution >= 0.6 is 27.3 Å². The van der Waals surface area contributed by atoms with Crippen molar-refractivity contribution in [1.82, 2.24) is 35.2 Å². The first-order valence-corrected chi connectivity index (χ1v) is 11.5. The SMILES string of the molecule is Brc1cnc(N2CCC(c3nc(COc4ccc(-n5cnnn5)cc4)cs3)CC2)nc1. The van der Waals surface area contributed by atoms with Crippen LogP contribution in [0.5, 0.6) is 5.75 Å². The summed E-state index contributed by atoms with van der Waals surface area (Å²) >= 11 is 5.10. The van der Waals surface area contributed by atoms with E-state index in [0.717, 1.165) is 53.5 Å². The van der Waals surface area contributed by atoms with Gasteiger partial charge < -0.3 is 9.64 Å². The Labute approximate surface area is 191 Å². The van der Waals surface area contributed by atoms with Crippen LogP contribution in [0, 0.1) is 0 Å². The predicted octanol–water partition coefficient (Wildman–Crippen LogP) is 3.63. The fourth-order valence-electron chi connectivity index (χ4n) is 3.50. The zero-order chi connectivity index (χ0) is 21.0. The van der Waals surface area contributed by atoms with Crippen molar-refractivity contribution in [3.05, 3.63) is 63.5 Å². The van der Waals surface area contributed by atoms with Gasteiger partial charge in [0.1, 0.15) is 18.7 Å². The lowest BCUT2D eigenvalue weighted by molar-refractivity contribution is 0.301. The van der Waals surface area contributed by atoms with E-state index in [9.17, 15) is 0 Å². The number of piperidine rings is 1. The van der Waals surface area contributed by atoms with Gasteiger partial charge in [0.2, 0.25) is 5.95 Å². The number of tetrazole rings is 1. The molecule has 0 atom stereocenters. The second kappa shape index (κ2) is 9.06. The maximum atomic E-state index is 5.90. The molecule has 1 saturated heterocycles. The summed E-state index contributed by atoms with van der Waals surface area (Å²) in [7, 11) is 0. The number of thiazole rings is 1. The summed E-state index contributed by atoms with van der Waals surface area (Å²) in [5, 5.41) is 14.4. The number of hydrogen-bond acceptors (Lipinski definition) is 9. The molecule has 9 nitrogen and oxygen atoms in total. The summed E-state index contributed by atoms with van der Waals surface area (Å²) in [6.45, 7) is 2.32. The summed E-state index contributed by atoms with van der Waals surface area (Å²) in [5.41, 5.74) is 1.84. The monoisotopic (exact) mass is 498 g/mol. The van der Waals surface area contributed by atoms with Crippen LogP contribution in [0.15, 0.2) is 52.8 Å². The van der Waals surface area contributed by atoms with Crippen LogP contribution in [0.1, 0.15) is 29.5 Å². The number of anilines is 1. The molecule has 4 aromatic rings. The zero-order valence-electron chi connectivity index (χ0n) is 16.5. The van der Waals surface area contributed by atoms with E-state index in [-0.39, 0.29) is 0 Å². The summed E-state index contributed by atoms with van der Waals surface area (Å²) in [5.74, 6) is 2.05. The van der Waals surface area contributed by atoms with Gasteiger partial charge >= 0.3 is 0 Å². The summed E-state index contributed by atoms with van der Waals surface area (Å²) in [6.07, 6.45) is 7.24. The Bertz CT molecular complexity index is 1110. The predicted molar refractivity (Wildman–Crippen MR) is 120 cm³/mol. The van der Waals surface area contributed by atoms with Gasteiger partial charge in [0.05, 0.1) is 20.9 Å². The molecule has 11 heteroatoms. The van der Waals surface area contributed by atoms with Gasteiger partial charge in [-0.3, -0.25) is 0 Å². The van der Waals surface area contributed by atoms with Crippen LogP contribution in [-0.4, -0.2) is 48.2 Å². The van der Waals surface area contributed by atoms with Crippen LogP contribution in [0.25, 0.3) is 5.69 Å². The van der Waals surface area contributed by atoms with Crippen molar-refractivity contribution in [2.75, 3.05) is 18.0 Å². The van der Waals surface area contributed by atoms with Crippen LogP contribution in [0.4, 0.5) is 5.95 Å². The zero-order valence-corrected chi connectivity index (χ0v) is 18.9. The standard InChI is InChI=1S/C20H19BrN8OS/c21-15-9-22-20(23-10-15)28-7-5-14(6-8-28)19-25-16(12-31-19)11-30-18-3-1-17(2-4-18)29-13-24-26-27-29/h1-4,9-10,12-14H,5-8,11H2. The minimum atomic E-state index is 0.451. The number of hydrogen-bond donors (Lipinski definition) is 0. The van der Waals surface area contributed by atoms with Crippen LogP contribution < -0.4 is 9.64 Å². The fraction of sp³-hybridized carbons (Fsp3) is 0.300. The molecule has 4 heterocycles. The summed E-state index contributed by atoms with van der Waals surface area (Å²) < 4.78 is 8.40. The molecule has 1 fully saturated rings. The van der Waals surface area contributed by atoms with E-state index in [4.69, 9.17) is 9.72 Å². The number of rotatable bonds is 6. The molecule has 0 saturated carbocycles. The number of benzene rings is 1. The number of ether oxygens (including phenoxy) is 1. The molecular weight excluding hydrogens is 480 g/mol. The van der Waals surface area contributed by atoms with Crippen molar-refractivity contribution in [2.24, 2.45) is 0 Å². The lowest BCUT2D eigenvalue weighted by Gasteiger charge is -2.31. The lowest BCUT2D eigenvalue weighted by atomic mass is 9.98. The molecule has 5 rings (SSSR count). The molecule has 0 radical (unpaired) electrons. The van der Waals surface area contributed by atoms with Crippen molar-refractivity contribution >= 4 is 33.2 Å². The Morgan fingerprint density at radius 1 is 1.10 bits per heavy atom. The van der Waals surface area contributed by atoms with E-state index in [1.807, 2.05) is 24.3 Å². The van der Waals surface area contributed by atoms with Crippen LogP contribution in [0.2, 0.25) is 0 Å². The van der Waals surface area contributed by atoms with E-state index in [2.05, 4.69) is 51.7 Å². The third kappa shape index (κ3) is 4.72. The molecule has 0 bridgehead atoms. The molecule has 0 aliphatic carbocycles. The molecule has 0 unspecified atom stereocenters. The third-order valence-electron chi connectivity index (χ3n) is 5.14. The highest BCUT2D eigenvalue weighted by Gasteiger charge is 2.24. The second-order valence-electron chi connectivity index (χ2n) is 7.18. The van der Waals surface area contributed by atoms with Gasteiger partial charge in [0.15, 0.2) is 0 Å². The van der Waals surface area contributed by atoms with Gasteiger partial charge in [-0.25, -0.2) is 19.6 Å². The average Bonchev–Trinajstić information content (AvgIpc) is 3.51. The summed E-state index contributed by atoms with van der Waals surface area (Å²) in [4.78, 5) is 15.9. The molecule has 1 aliphatic rings. The molecule has 31 heavy (non-hydrogen) atoms. The Hall–Kier alpha value is -2.92. The highest BCUT2D eigenvalue weighted by atomic mass is 79.9. The third-order valence-corrected chi connectivity index (χ3v) is 6.61. The Morgan fingerprint density at radius 3 is 2.58 bits per heavy atom. The molecular formula is C20H19BrN8OS. The molecule has 1 aromatic carbocycles. The quantitative estimate of drug-likeness (QED) is 0.397. The van der Waals surface area contributed by atoms with Gasteiger partial charge in [-0.2, -0.15) is 0 Å². The normalized spacial score (nSPS) is 14.7. The highest BCUT2D eigenvalue weighted by molar-refractivity contribution is 9.10. The second-order valence-corrected chi connectivity index (χ2v) is 8.98. The van der Waals surface area contributed by atoms with E-state index in [1.54, 1.807) is 34.7 Å². The number of halogens is 1. The Kier molecular flexibility index (Phi) is 5.85. The number of aromatic nitrogens is 7. The van der Waals surface area contributed by atoms with Crippen molar-refractivity contribution in [1.29, 1.82) is 0 Å². The first-order chi connectivity index (χ1) is 15.2. The van der Waals surface area contributed by atoms with E-state index < -0.39 is 0 Å². The Morgan fingerprint density at radius 2 is 1.87 bits per heavy atom. The minimum absolute atomic E-state index is 0.451. The molecule has 0 amide bonds. The van der Waals surface area contributed by atoms with Gasteiger partial charge in [0.25, 0.3) is 0 Å². The van der Waals surface area contributed by atoms with E-state index in [0.29, 0.717) is 12.5 Å². The maximum Gasteiger partial charge on any atom is 0.225 e. The average molecular weight is 499 g/mol. The van der Waals surface area contributed by atoms with Crippen LogP contribution in [0.3, 0.4) is 0 Å². The fourth-order valence-corrected chi connectivity index (χ4v) is 4.68. The van der Waals surface area contributed by atoms with Crippen LogP contribution in [-0.2, 0) is 6.61 Å². The maximum absolute atomic E-state index is 5.90. The lowest BCUT2D eigenvalue weighted by Crippen LogP contribution is -2.34. The largest absolute Gasteiger partial charge is 0.487 e. The first kappa shape index (κ1) is 20.0. The van der Waals surface area contributed by atoms with Crippen molar-refractivity contribution in [2.45, 2.75) is 25.4 Å². The Balaban J connectivity index is 1.14. The topological polar surface area (TPSA) is 94.7 Å². The van der Waals surface area contributed by atoms with Gasteiger partial charge in [-0.05, 0) is 63.5 Å². The van der Waals surface area contributed by atoms with E-state index in [1.165, 1.54) is 5.01 Å². The minimum Gasteiger partial charge on any atom is -0.487 e. The van der Waals surface area contributed by atoms with Gasteiger partial charge in [0, 0.05) is 36.8 Å². The molecule has 0 N–H and O–H groups in total. The molecule has 1 aliphatic heterocycles. The van der Waals surface area contributed by atoms with Gasteiger partial charge in [-0.1, -0.05) is 0 Å². The van der Waals surface area contributed by atoms with Crippen molar-refractivity contribution in [3.63, 3.8) is 0 Å².